The van der Waals surface area contributed by atoms with Gasteiger partial charge in [0, 0.05) is 29.3 Å². The molecular formula is C24H29N3O11S6. The molecule has 242 valence electrons. The van der Waals surface area contributed by atoms with Crippen LogP contribution in [0.5, 0.6) is 0 Å². The molecule has 2 aromatic heterocycles. The summed E-state index contributed by atoms with van der Waals surface area (Å²) in [5.74, 6) is -5.12. The maximum atomic E-state index is 12.5. The van der Waals surface area contributed by atoms with Gasteiger partial charge in [-0.1, -0.05) is 47.6 Å². The highest BCUT2D eigenvalue weighted by molar-refractivity contribution is 8.77. The maximum absolute atomic E-state index is 12.5. The molecule has 44 heavy (non-hydrogen) atoms. The van der Waals surface area contributed by atoms with Gasteiger partial charge in [0.2, 0.25) is 0 Å². The van der Waals surface area contributed by atoms with Crippen LogP contribution >= 0.6 is 43.2 Å². The number of nitrogens with one attached hydrogen (secondary N) is 1. The minimum Gasteiger partial charge on any atom is -0.411 e. The van der Waals surface area contributed by atoms with Crippen LogP contribution < -0.4 is 0 Å². The molecule has 0 amide bonds. The average Bonchev–Trinajstić information content (AvgIpc) is 2.95. The standard InChI is InChI=1S/C24H29N3O11S6/c1-15(39-41-20-7-3-5-11-26-20)13-17(43(31,32)33)23(29)37-19(25)9-10-22(28)38-24(30)18(44(34,35)36)14-16(2)40-42-21-8-4-6-12-27-21/h3-8,11-12,15-18,25H,9-10,13-14H2,1-2H3,(H,31,32,33)(H,34,35,36). The van der Waals surface area contributed by atoms with Crippen LogP contribution in [0.4, 0.5) is 0 Å². The summed E-state index contributed by atoms with van der Waals surface area (Å²) in [6, 6.07) is 10.4. The lowest BCUT2D eigenvalue weighted by atomic mass is 10.2. The molecule has 0 aliphatic heterocycles. The van der Waals surface area contributed by atoms with E-state index in [4.69, 9.17) is 10.1 Å². The van der Waals surface area contributed by atoms with Crippen LogP contribution in [0.15, 0.2) is 58.8 Å². The summed E-state index contributed by atoms with van der Waals surface area (Å²) in [6.45, 7) is 3.21. The zero-order valence-electron chi connectivity index (χ0n) is 23.2. The van der Waals surface area contributed by atoms with E-state index < -0.39 is 84.3 Å². The summed E-state index contributed by atoms with van der Waals surface area (Å²) in [7, 11) is -5.05. The van der Waals surface area contributed by atoms with Crippen LogP contribution in [0.1, 0.15) is 39.5 Å². The first-order valence-electron chi connectivity index (χ1n) is 12.5. The Hall–Kier alpha value is -2.20. The minimum absolute atomic E-state index is 0.361. The van der Waals surface area contributed by atoms with Crippen LogP contribution in [0.2, 0.25) is 0 Å². The third-order valence-corrected chi connectivity index (χ3v) is 13.0. The van der Waals surface area contributed by atoms with Crippen molar-refractivity contribution >= 4 is 87.2 Å². The summed E-state index contributed by atoms with van der Waals surface area (Å²) in [6.07, 6.45) is 1.04. The van der Waals surface area contributed by atoms with Gasteiger partial charge >= 0.3 is 17.9 Å². The Morgan fingerprint density at radius 1 is 0.773 bits per heavy atom. The Morgan fingerprint density at radius 2 is 1.20 bits per heavy atom. The minimum atomic E-state index is -4.95. The first-order chi connectivity index (χ1) is 20.6. The van der Waals surface area contributed by atoms with Gasteiger partial charge in [0.1, 0.15) is 10.1 Å². The maximum Gasteiger partial charge on any atom is 0.334 e. The van der Waals surface area contributed by atoms with E-state index in [9.17, 15) is 40.3 Å². The van der Waals surface area contributed by atoms with E-state index >= 15 is 0 Å². The fourth-order valence-electron chi connectivity index (χ4n) is 3.10. The molecule has 0 radical (unpaired) electrons. The van der Waals surface area contributed by atoms with Gasteiger partial charge in [0.05, 0.1) is 6.42 Å². The number of rotatable bonds is 17. The van der Waals surface area contributed by atoms with Gasteiger partial charge in [-0.2, -0.15) is 16.8 Å². The molecular weight excluding hydrogens is 699 g/mol. The van der Waals surface area contributed by atoms with Gasteiger partial charge in [-0.05, 0) is 58.7 Å². The highest BCUT2D eigenvalue weighted by Gasteiger charge is 2.37. The van der Waals surface area contributed by atoms with Crippen molar-refractivity contribution in [1.29, 1.82) is 5.41 Å². The zero-order valence-corrected chi connectivity index (χ0v) is 28.1. The number of carbonyl (C=O) groups excluding carboxylic acids is 3. The van der Waals surface area contributed by atoms with E-state index in [2.05, 4.69) is 14.7 Å². The van der Waals surface area contributed by atoms with Crippen LogP contribution in [0.25, 0.3) is 0 Å². The molecule has 20 heteroatoms. The Balaban J connectivity index is 1.86. The summed E-state index contributed by atoms with van der Waals surface area (Å²) in [5.41, 5.74) is 0. The quantitative estimate of drug-likeness (QED) is 0.0520. The number of carbonyl (C=O) groups is 3. The van der Waals surface area contributed by atoms with Gasteiger partial charge in [-0.3, -0.25) is 28.9 Å². The van der Waals surface area contributed by atoms with Crippen molar-refractivity contribution in [3.05, 3.63) is 48.8 Å². The highest BCUT2D eigenvalue weighted by atomic mass is 33.1. The van der Waals surface area contributed by atoms with Crippen molar-refractivity contribution in [1.82, 2.24) is 9.97 Å². The SMILES string of the molecule is CC(CC(C(=O)OC(=N)CCC(=O)OC(=O)C(CC(C)SSc1ccccn1)S(=O)(=O)O)S(=O)(=O)O)SSc1ccccn1. The molecule has 0 fully saturated rings. The van der Waals surface area contributed by atoms with Gasteiger partial charge in [-0.25, -0.2) is 9.97 Å². The molecule has 0 spiro atoms. The number of hydrogen-bond acceptors (Lipinski definition) is 16. The molecule has 4 unspecified atom stereocenters. The number of pyridine rings is 2. The number of aromatic nitrogens is 2. The first kappa shape index (κ1) is 38.0. The van der Waals surface area contributed by atoms with Crippen molar-refractivity contribution in [2.75, 3.05) is 0 Å². The molecule has 14 nitrogen and oxygen atoms in total. The van der Waals surface area contributed by atoms with Crippen molar-refractivity contribution in [2.45, 2.75) is 70.6 Å². The number of nitrogens with zero attached hydrogens (tertiary/aromatic N) is 2. The Kier molecular flexibility index (Phi) is 15.6. The second-order valence-electron chi connectivity index (χ2n) is 8.93. The smallest absolute Gasteiger partial charge is 0.334 e. The number of hydrogen-bond donors (Lipinski definition) is 3. The van der Waals surface area contributed by atoms with Crippen molar-refractivity contribution in [3.63, 3.8) is 0 Å². The van der Waals surface area contributed by atoms with Crippen LogP contribution in [0.3, 0.4) is 0 Å². The Bertz CT molecular complexity index is 1380. The van der Waals surface area contributed by atoms with Gasteiger partial charge in [0.25, 0.3) is 20.2 Å². The fraction of sp³-hybridized carbons (Fsp3) is 0.417. The molecule has 0 aliphatic rings. The number of esters is 3. The molecule has 2 heterocycles. The molecule has 0 aromatic carbocycles. The fourth-order valence-corrected chi connectivity index (χ4v) is 9.17. The highest BCUT2D eigenvalue weighted by Crippen LogP contribution is 2.36. The Morgan fingerprint density at radius 3 is 1.59 bits per heavy atom. The third kappa shape index (κ3) is 14.3. The number of ether oxygens (including phenoxy) is 2. The largest absolute Gasteiger partial charge is 0.411 e. The molecule has 2 rings (SSSR count). The molecule has 4 atom stereocenters. The van der Waals surface area contributed by atoms with E-state index in [1.807, 2.05) is 0 Å². The third-order valence-electron chi connectivity index (χ3n) is 5.20. The summed E-state index contributed by atoms with van der Waals surface area (Å²) < 4.78 is 75.8. The zero-order chi connectivity index (χ0) is 32.9. The summed E-state index contributed by atoms with van der Waals surface area (Å²) >= 11 is 0. The average molecular weight is 728 g/mol. The predicted octanol–water partition coefficient (Wildman–Crippen LogP) is 4.10. The van der Waals surface area contributed by atoms with E-state index in [0.29, 0.717) is 10.1 Å². The summed E-state index contributed by atoms with van der Waals surface area (Å²) in [5, 5.41) is 3.98. The molecule has 3 N–H and O–H groups in total. The van der Waals surface area contributed by atoms with E-state index in [1.165, 1.54) is 43.2 Å². The predicted molar refractivity (Wildman–Crippen MR) is 168 cm³/mol. The van der Waals surface area contributed by atoms with Crippen molar-refractivity contribution in [2.24, 2.45) is 0 Å². The second kappa shape index (κ2) is 18.1. The lowest BCUT2D eigenvalue weighted by molar-refractivity contribution is -0.159. The normalized spacial score (nSPS) is 14.5. The molecule has 0 saturated carbocycles. The topological polar surface area (TPSA) is 228 Å². The van der Waals surface area contributed by atoms with Crippen molar-refractivity contribution in [3.8, 4) is 0 Å². The molecule has 0 bridgehead atoms. The van der Waals surface area contributed by atoms with Crippen molar-refractivity contribution < 1.29 is 49.8 Å². The lowest BCUT2D eigenvalue weighted by Gasteiger charge is -2.17. The molecule has 0 saturated heterocycles. The first-order valence-corrected chi connectivity index (χ1v) is 19.9. The van der Waals surface area contributed by atoms with Crippen LogP contribution in [-0.4, -0.2) is 80.7 Å². The molecule has 0 aliphatic carbocycles. The van der Waals surface area contributed by atoms with Gasteiger partial charge in [-0.15, -0.1) is 0 Å². The van der Waals surface area contributed by atoms with Crippen LogP contribution in [-0.2, 0) is 44.1 Å². The Labute approximate surface area is 270 Å². The lowest BCUT2D eigenvalue weighted by Crippen LogP contribution is -2.36. The summed E-state index contributed by atoms with van der Waals surface area (Å²) in [4.78, 5) is 45.3. The second-order valence-corrected chi connectivity index (χ2v) is 17.4. The van der Waals surface area contributed by atoms with Crippen LogP contribution in [0, 0.1) is 5.41 Å². The monoisotopic (exact) mass is 727 g/mol. The molecule has 2 aromatic rings. The van der Waals surface area contributed by atoms with E-state index in [1.54, 1.807) is 62.6 Å². The van der Waals surface area contributed by atoms with Gasteiger partial charge in [0.15, 0.2) is 16.4 Å². The van der Waals surface area contributed by atoms with E-state index in [0.717, 1.165) is 0 Å². The van der Waals surface area contributed by atoms with E-state index in [-0.39, 0.29) is 6.42 Å². The van der Waals surface area contributed by atoms with Gasteiger partial charge < -0.3 is 9.47 Å².